The van der Waals surface area contributed by atoms with Crippen LogP contribution in [0.5, 0.6) is 0 Å². The molecule has 0 saturated carbocycles. The summed E-state index contributed by atoms with van der Waals surface area (Å²) in [5.74, 6) is -0.321. The number of carbonyl (C=O) groups excluding carboxylic acids is 1. The molecule has 106 valence electrons. The van der Waals surface area contributed by atoms with Crippen molar-refractivity contribution < 1.29 is 14.3 Å². The molecule has 0 bridgehead atoms. The van der Waals surface area contributed by atoms with Crippen LogP contribution in [0.25, 0.3) is 0 Å². The molecule has 5 heteroatoms. The molecule has 0 saturated heterocycles. The van der Waals surface area contributed by atoms with Crippen LogP contribution in [0.2, 0.25) is 0 Å². The van der Waals surface area contributed by atoms with Crippen LogP contribution in [0.3, 0.4) is 0 Å². The molecule has 1 aromatic carbocycles. The van der Waals surface area contributed by atoms with Crippen molar-refractivity contribution in [2.45, 2.75) is 20.8 Å². The summed E-state index contributed by atoms with van der Waals surface area (Å²) in [6.07, 6.45) is 0. The molecule has 19 heavy (non-hydrogen) atoms. The molecule has 0 aliphatic rings. The standard InChI is InChI=1S/C14H20BrNO3/c1-4-19-13(17)9-18-6-5-16-12-7-10(2)14(15)11(3)8-12/h7-8,16H,4-6,9H2,1-3H3. The van der Waals surface area contributed by atoms with Crippen molar-refractivity contribution in [1.82, 2.24) is 0 Å². The van der Waals surface area contributed by atoms with Crippen LogP contribution < -0.4 is 5.32 Å². The van der Waals surface area contributed by atoms with Gasteiger partial charge in [-0.25, -0.2) is 4.79 Å². The summed E-state index contributed by atoms with van der Waals surface area (Å²) in [7, 11) is 0. The first kappa shape index (κ1) is 16.0. The molecule has 0 fully saturated rings. The van der Waals surface area contributed by atoms with Gasteiger partial charge < -0.3 is 14.8 Å². The van der Waals surface area contributed by atoms with E-state index < -0.39 is 0 Å². The Bertz CT molecular complexity index is 412. The number of halogens is 1. The lowest BCUT2D eigenvalue weighted by molar-refractivity contribution is -0.148. The molecular weight excluding hydrogens is 310 g/mol. The van der Waals surface area contributed by atoms with Crippen LogP contribution >= 0.6 is 15.9 Å². The molecule has 0 aliphatic carbocycles. The van der Waals surface area contributed by atoms with E-state index in [1.807, 2.05) is 0 Å². The maximum Gasteiger partial charge on any atom is 0.332 e. The highest BCUT2D eigenvalue weighted by atomic mass is 79.9. The van der Waals surface area contributed by atoms with Gasteiger partial charge in [-0.3, -0.25) is 0 Å². The topological polar surface area (TPSA) is 47.6 Å². The quantitative estimate of drug-likeness (QED) is 0.617. The molecule has 0 amide bonds. The molecule has 0 aliphatic heterocycles. The number of hydrogen-bond donors (Lipinski definition) is 1. The number of aryl methyl sites for hydroxylation is 2. The maximum absolute atomic E-state index is 11.0. The third-order valence-electron chi connectivity index (χ3n) is 2.54. The first-order valence-electron chi connectivity index (χ1n) is 6.28. The normalized spacial score (nSPS) is 10.3. The highest BCUT2D eigenvalue weighted by Crippen LogP contribution is 2.24. The van der Waals surface area contributed by atoms with Gasteiger partial charge in [0.15, 0.2) is 0 Å². The Balaban J connectivity index is 2.28. The molecule has 0 unspecified atom stereocenters. The Hall–Kier alpha value is -1.07. The first-order valence-corrected chi connectivity index (χ1v) is 7.08. The summed E-state index contributed by atoms with van der Waals surface area (Å²) in [4.78, 5) is 11.0. The van der Waals surface area contributed by atoms with Crippen molar-refractivity contribution in [3.63, 3.8) is 0 Å². The minimum atomic E-state index is -0.321. The van der Waals surface area contributed by atoms with Crippen LogP contribution in [-0.2, 0) is 14.3 Å². The smallest absolute Gasteiger partial charge is 0.332 e. The Morgan fingerprint density at radius 2 is 1.95 bits per heavy atom. The number of anilines is 1. The highest BCUT2D eigenvalue weighted by molar-refractivity contribution is 9.10. The van der Waals surface area contributed by atoms with Gasteiger partial charge in [0.05, 0.1) is 13.2 Å². The Labute approximate surface area is 122 Å². The summed E-state index contributed by atoms with van der Waals surface area (Å²) in [5, 5.41) is 3.26. The number of benzene rings is 1. The lowest BCUT2D eigenvalue weighted by atomic mass is 10.1. The molecule has 1 rings (SSSR count). The third kappa shape index (κ3) is 5.61. The van der Waals surface area contributed by atoms with Crippen LogP contribution in [0.15, 0.2) is 16.6 Å². The number of rotatable bonds is 7. The van der Waals surface area contributed by atoms with Gasteiger partial charge in [-0.05, 0) is 44.0 Å². The Morgan fingerprint density at radius 1 is 1.32 bits per heavy atom. The lowest BCUT2D eigenvalue weighted by Crippen LogP contribution is -2.16. The van der Waals surface area contributed by atoms with E-state index in [2.05, 4.69) is 47.2 Å². The van der Waals surface area contributed by atoms with Gasteiger partial charge in [-0.15, -0.1) is 0 Å². The summed E-state index contributed by atoms with van der Waals surface area (Å²) in [5.41, 5.74) is 3.43. The summed E-state index contributed by atoms with van der Waals surface area (Å²) < 4.78 is 11.1. The molecule has 0 spiro atoms. The number of nitrogens with one attached hydrogen (secondary N) is 1. The van der Waals surface area contributed by atoms with Gasteiger partial charge in [-0.2, -0.15) is 0 Å². The van der Waals surface area contributed by atoms with E-state index in [1.165, 1.54) is 11.1 Å². The summed E-state index contributed by atoms with van der Waals surface area (Å²) >= 11 is 3.53. The maximum atomic E-state index is 11.0. The van der Waals surface area contributed by atoms with Gasteiger partial charge in [0, 0.05) is 16.7 Å². The second-order valence-corrected chi connectivity index (χ2v) is 5.00. The fourth-order valence-electron chi connectivity index (χ4n) is 1.67. The predicted octanol–water partition coefficient (Wildman–Crippen LogP) is 3.06. The van der Waals surface area contributed by atoms with E-state index in [0.717, 1.165) is 10.2 Å². The molecular formula is C14H20BrNO3. The van der Waals surface area contributed by atoms with Gasteiger partial charge in [0.25, 0.3) is 0 Å². The Morgan fingerprint density at radius 3 is 2.53 bits per heavy atom. The number of hydrogen-bond acceptors (Lipinski definition) is 4. The molecule has 0 radical (unpaired) electrons. The van der Waals surface area contributed by atoms with Crippen molar-refractivity contribution in [1.29, 1.82) is 0 Å². The van der Waals surface area contributed by atoms with Crippen molar-refractivity contribution in [3.8, 4) is 0 Å². The molecule has 0 heterocycles. The van der Waals surface area contributed by atoms with E-state index in [-0.39, 0.29) is 12.6 Å². The minimum Gasteiger partial charge on any atom is -0.464 e. The minimum absolute atomic E-state index is 0.00785. The SMILES string of the molecule is CCOC(=O)COCCNc1cc(C)c(Br)c(C)c1. The predicted molar refractivity (Wildman–Crippen MR) is 79.6 cm³/mol. The highest BCUT2D eigenvalue weighted by Gasteiger charge is 2.03. The second kappa shape index (κ2) is 8.17. The van der Waals surface area contributed by atoms with Crippen molar-refractivity contribution in [3.05, 3.63) is 27.7 Å². The Kier molecular flexibility index (Phi) is 6.87. The number of esters is 1. The zero-order valence-corrected chi connectivity index (χ0v) is 13.2. The van der Waals surface area contributed by atoms with Gasteiger partial charge in [0.2, 0.25) is 0 Å². The first-order chi connectivity index (χ1) is 9.04. The van der Waals surface area contributed by atoms with Crippen molar-refractivity contribution in [2.24, 2.45) is 0 Å². The van der Waals surface area contributed by atoms with Gasteiger partial charge in [0.1, 0.15) is 6.61 Å². The van der Waals surface area contributed by atoms with Gasteiger partial charge >= 0.3 is 5.97 Å². The van der Waals surface area contributed by atoms with Crippen LogP contribution in [0, 0.1) is 13.8 Å². The zero-order valence-electron chi connectivity index (χ0n) is 11.6. The third-order valence-corrected chi connectivity index (χ3v) is 3.79. The average molecular weight is 330 g/mol. The monoisotopic (exact) mass is 329 g/mol. The van der Waals surface area contributed by atoms with Crippen molar-refractivity contribution in [2.75, 3.05) is 31.7 Å². The second-order valence-electron chi connectivity index (χ2n) is 4.21. The largest absolute Gasteiger partial charge is 0.464 e. The van der Waals surface area contributed by atoms with E-state index in [9.17, 15) is 4.79 Å². The molecule has 1 aromatic rings. The van der Waals surface area contributed by atoms with E-state index in [0.29, 0.717) is 19.8 Å². The average Bonchev–Trinajstić information content (AvgIpc) is 2.35. The van der Waals surface area contributed by atoms with E-state index in [1.54, 1.807) is 6.92 Å². The van der Waals surface area contributed by atoms with E-state index >= 15 is 0 Å². The van der Waals surface area contributed by atoms with Crippen molar-refractivity contribution >= 4 is 27.6 Å². The molecule has 4 nitrogen and oxygen atoms in total. The molecule has 0 atom stereocenters. The fraction of sp³-hybridized carbons (Fsp3) is 0.500. The van der Waals surface area contributed by atoms with E-state index in [4.69, 9.17) is 9.47 Å². The molecule has 1 N–H and O–H groups in total. The summed E-state index contributed by atoms with van der Waals surface area (Å²) in [6, 6.07) is 4.14. The lowest BCUT2D eigenvalue weighted by Gasteiger charge is -2.10. The number of carbonyl (C=O) groups is 1. The van der Waals surface area contributed by atoms with Crippen LogP contribution in [-0.4, -0.2) is 32.3 Å². The van der Waals surface area contributed by atoms with Crippen LogP contribution in [0.4, 0.5) is 5.69 Å². The number of ether oxygens (including phenoxy) is 2. The fourth-order valence-corrected chi connectivity index (χ4v) is 1.90. The summed E-state index contributed by atoms with van der Waals surface area (Å²) in [6.45, 7) is 7.40. The zero-order chi connectivity index (χ0) is 14.3. The molecule has 0 aromatic heterocycles. The van der Waals surface area contributed by atoms with Crippen LogP contribution in [0.1, 0.15) is 18.1 Å². The van der Waals surface area contributed by atoms with Gasteiger partial charge in [-0.1, -0.05) is 15.9 Å².